The van der Waals surface area contributed by atoms with Crippen molar-refractivity contribution in [3.8, 4) is 0 Å². The minimum absolute atomic E-state index is 0.0541. The van der Waals surface area contributed by atoms with Crippen molar-refractivity contribution in [2.75, 3.05) is 7.05 Å². The molecule has 0 aliphatic heterocycles. The maximum atomic E-state index is 11.9. The molecule has 0 radical (unpaired) electrons. The summed E-state index contributed by atoms with van der Waals surface area (Å²) >= 11 is 0. The molecule has 1 fully saturated rings. The van der Waals surface area contributed by atoms with Crippen LogP contribution in [0.25, 0.3) is 0 Å². The lowest BCUT2D eigenvalue weighted by Crippen LogP contribution is -2.40. The molecule has 0 spiro atoms. The fourth-order valence-electron chi connectivity index (χ4n) is 1.63. The minimum Gasteiger partial charge on any atom is -0.481 e. The second kappa shape index (κ2) is 4.44. The van der Waals surface area contributed by atoms with Crippen molar-refractivity contribution < 1.29 is 14.7 Å². The van der Waals surface area contributed by atoms with Gasteiger partial charge < -0.3 is 10.0 Å². The first kappa shape index (κ1) is 13.0. The van der Waals surface area contributed by atoms with Crippen LogP contribution in [0, 0.1) is 11.3 Å². The van der Waals surface area contributed by atoms with E-state index in [-0.39, 0.29) is 18.2 Å². The Kier molecular flexibility index (Phi) is 3.61. The SMILES string of the molecule is CC(C)C(C)(CC(=O)N(C)C1CC1)C(=O)O. The van der Waals surface area contributed by atoms with Gasteiger partial charge >= 0.3 is 5.97 Å². The van der Waals surface area contributed by atoms with Crippen LogP contribution in [0.1, 0.15) is 40.0 Å². The highest BCUT2D eigenvalue weighted by atomic mass is 16.4. The van der Waals surface area contributed by atoms with Crippen LogP contribution in [0.15, 0.2) is 0 Å². The van der Waals surface area contributed by atoms with E-state index in [4.69, 9.17) is 0 Å². The maximum Gasteiger partial charge on any atom is 0.310 e. The standard InChI is InChI=1S/C12H21NO3/c1-8(2)12(3,11(15)16)7-10(14)13(4)9-5-6-9/h8-9H,5-7H2,1-4H3,(H,15,16). The van der Waals surface area contributed by atoms with Crippen LogP contribution in [0.3, 0.4) is 0 Å². The highest BCUT2D eigenvalue weighted by Gasteiger charge is 2.41. The molecule has 1 aliphatic carbocycles. The molecule has 1 rings (SSSR count). The lowest BCUT2D eigenvalue weighted by molar-refractivity contribution is -0.155. The van der Waals surface area contributed by atoms with Gasteiger partial charge in [-0.1, -0.05) is 13.8 Å². The molecule has 1 atom stereocenters. The molecule has 92 valence electrons. The fraction of sp³-hybridized carbons (Fsp3) is 0.833. The normalized spacial score (nSPS) is 19.3. The van der Waals surface area contributed by atoms with Gasteiger partial charge in [0.1, 0.15) is 0 Å². The zero-order valence-corrected chi connectivity index (χ0v) is 10.5. The van der Waals surface area contributed by atoms with Gasteiger partial charge in [0.15, 0.2) is 0 Å². The minimum atomic E-state index is -0.958. The molecule has 16 heavy (non-hydrogen) atoms. The molecule has 0 aromatic rings. The van der Waals surface area contributed by atoms with Crippen LogP contribution in [-0.4, -0.2) is 35.0 Å². The van der Waals surface area contributed by atoms with E-state index >= 15 is 0 Å². The van der Waals surface area contributed by atoms with Crippen LogP contribution >= 0.6 is 0 Å². The molecule has 0 aromatic heterocycles. The Balaban J connectivity index is 2.68. The highest BCUT2D eigenvalue weighted by molar-refractivity contribution is 5.85. The van der Waals surface area contributed by atoms with E-state index in [1.807, 2.05) is 13.8 Å². The molecule has 1 aliphatic rings. The first-order chi connectivity index (χ1) is 7.29. The van der Waals surface area contributed by atoms with Gasteiger partial charge in [-0.3, -0.25) is 9.59 Å². The van der Waals surface area contributed by atoms with Gasteiger partial charge in [0, 0.05) is 19.5 Å². The number of rotatable bonds is 5. The van der Waals surface area contributed by atoms with Gasteiger partial charge in [-0.25, -0.2) is 0 Å². The first-order valence-corrected chi connectivity index (χ1v) is 5.78. The second-order valence-electron chi connectivity index (χ2n) is 5.29. The van der Waals surface area contributed by atoms with Gasteiger partial charge in [-0.15, -0.1) is 0 Å². The van der Waals surface area contributed by atoms with Crippen molar-refractivity contribution in [3.63, 3.8) is 0 Å². The summed E-state index contributed by atoms with van der Waals surface area (Å²) in [7, 11) is 1.77. The zero-order chi connectivity index (χ0) is 12.5. The number of carboxylic acids is 1. The third-order valence-electron chi connectivity index (χ3n) is 3.77. The molecule has 1 saturated carbocycles. The summed E-state index contributed by atoms with van der Waals surface area (Å²) in [4.78, 5) is 24.8. The lowest BCUT2D eigenvalue weighted by Gasteiger charge is -2.30. The van der Waals surface area contributed by atoms with Crippen molar-refractivity contribution in [2.45, 2.75) is 46.1 Å². The van der Waals surface area contributed by atoms with Crippen LogP contribution in [0.4, 0.5) is 0 Å². The van der Waals surface area contributed by atoms with Crippen LogP contribution in [0.5, 0.6) is 0 Å². The zero-order valence-electron chi connectivity index (χ0n) is 10.5. The number of carbonyl (C=O) groups is 2. The van der Waals surface area contributed by atoms with Crippen molar-refractivity contribution in [1.29, 1.82) is 0 Å². The molecule has 0 aromatic carbocycles. The lowest BCUT2D eigenvalue weighted by atomic mass is 9.76. The van der Waals surface area contributed by atoms with Gasteiger partial charge in [-0.05, 0) is 25.7 Å². The summed E-state index contributed by atoms with van der Waals surface area (Å²) in [5.74, 6) is -0.997. The number of nitrogens with zero attached hydrogens (tertiary/aromatic N) is 1. The summed E-state index contributed by atoms with van der Waals surface area (Å²) in [5, 5.41) is 9.22. The largest absolute Gasteiger partial charge is 0.481 e. The molecule has 4 nitrogen and oxygen atoms in total. The Bertz CT molecular complexity index is 297. The van der Waals surface area contributed by atoms with Gasteiger partial charge in [0.05, 0.1) is 5.41 Å². The van der Waals surface area contributed by atoms with Crippen molar-refractivity contribution in [2.24, 2.45) is 11.3 Å². The molecule has 4 heteroatoms. The number of hydrogen-bond donors (Lipinski definition) is 1. The topological polar surface area (TPSA) is 57.6 Å². The predicted molar refractivity (Wildman–Crippen MR) is 61.0 cm³/mol. The summed E-state index contributed by atoms with van der Waals surface area (Å²) in [5.41, 5.74) is -0.958. The predicted octanol–water partition coefficient (Wildman–Crippen LogP) is 1.74. The molecule has 1 unspecified atom stereocenters. The number of amides is 1. The van der Waals surface area contributed by atoms with Crippen molar-refractivity contribution in [3.05, 3.63) is 0 Å². The van der Waals surface area contributed by atoms with E-state index in [2.05, 4.69) is 0 Å². The van der Waals surface area contributed by atoms with Crippen molar-refractivity contribution in [1.82, 2.24) is 4.90 Å². The Hall–Kier alpha value is -1.06. The monoisotopic (exact) mass is 227 g/mol. The average Bonchev–Trinajstić information content (AvgIpc) is 2.98. The van der Waals surface area contributed by atoms with Gasteiger partial charge in [-0.2, -0.15) is 0 Å². The van der Waals surface area contributed by atoms with E-state index in [0.717, 1.165) is 12.8 Å². The van der Waals surface area contributed by atoms with Crippen LogP contribution in [-0.2, 0) is 9.59 Å². The Morgan fingerprint density at radius 2 is 1.94 bits per heavy atom. The Labute approximate surface area is 96.6 Å². The van der Waals surface area contributed by atoms with E-state index < -0.39 is 11.4 Å². The number of carboxylic acid groups (broad SMARTS) is 1. The quantitative estimate of drug-likeness (QED) is 0.778. The van der Waals surface area contributed by atoms with E-state index in [1.165, 1.54) is 0 Å². The molecule has 1 amide bonds. The molecule has 0 saturated heterocycles. The summed E-state index contributed by atoms with van der Waals surface area (Å²) in [6, 6.07) is 0.345. The third-order valence-corrected chi connectivity index (χ3v) is 3.77. The van der Waals surface area contributed by atoms with Gasteiger partial charge in [0.2, 0.25) is 5.91 Å². The summed E-state index contributed by atoms with van der Waals surface area (Å²) < 4.78 is 0. The Morgan fingerprint density at radius 1 is 1.44 bits per heavy atom. The third kappa shape index (κ3) is 2.54. The maximum absolute atomic E-state index is 11.9. The molecular formula is C12H21NO3. The molecular weight excluding hydrogens is 206 g/mol. The summed E-state index contributed by atoms with van der Waals surface area (Å²) in [6.45, 7) is 5.34. The van der Waals surface area contributed by atoms with E-state index in [1.54, 1.807) is 18.9 Å². The number of carbonyl (C=O) groups excluding carboxylic acids is 1. The molecule has 0 heterocycles. The Morgan fingerprint density at radius 3 is 2.25 bits per heavy atom. The van der Waals surface area contributed by atoms with Crippen LogP contribution in [0.2, 0.25) is 0 Å². The number of hydrogen-bond acceptors (Lipinski definition) is 2. The van der Waals surface area contributed by atoms with Crippen LogP contribution < -0.4 is 0 Å². The smallest absolute Gasteiger partial charge is 0.310 e. The summed E-state index contributed by atoms with van der Waals surface area (Å²) in [6.07, 6.45) is 2.19. The highest BCUT2D eigenvalue weighted by Crippen LogP contribution is 2.34. The average molecular weight is 227 g/mol. The van der Waals surface area contributed by atoms with Crippen molar-refractivity contribution >= 4 is 11.9 Å². The number of aliphatic carboxylic acids is 1. The van der Waals surface area contributed by atoms with E-state index in [0.29, 0.717) is 6.04 Å². The van der Waals surface area contributed by atoms with E-state index in [9.17, 15) is 14.7 Å². The van der Waals surface area contributed by atoms with Gasteiger partial charge in [0.25, 0.3) is 0 Å². The molecule has 1 N–H and O–H groups in total. The second-order valence-corrected chi connectivity index (χ2v) is 5.29. The molecule has 0 bridgehead atoms. The fourth-order valence-corrected chi connectivity index (χ4v) is 1.63. The first-order valence-electron chi connectivity index (χ1n) is 5.78.